The lowest BCUT2D eigenvalue weighted by Crippen LogP contribution is -2.11. The lowest BCUT2D eigenvalue weighted by atomic mass is 9.95. The Bertz CT molecular complexity index is 455. The lowest BCUT2D eigenvalue weighted by molar-refractivity contribution is -0.139. The van der Waals surface area contributed by atoms with Gasteiger partial charge in [-0.2, -0.15) is 0 Å². The molecule has 3 heteroatoms. The predicted octanol–water partition coefficient (Wildman–Crippen LogP) is 2.11. The molecule has 1 saturated carbocycles. The van der Waals surface area contributed by atoms with Crippen molar-refractivity contribution in [1.82, 2.24) is 0 Å². The molecule has 1 aromatic carbocycles. The minimum Gasteiger partial charge on any atom is -0.481 e. The van der Waals surface area contributed by atoms with Crippen LogP contribution < -0.4 is 0 Å². The first kappa shape index (κ1) is 8.89. The van der Waals surface area contributed by atoms with E-state index in [0.717, 1.165) is 17.5 Å². The van der Waals surface area contributed by atoms with E-state index in [9.17, 15) is 9.18 Å². The van der Waals surface area contributed by atoms with Gasteiger partial charge in [-0.1, -0.05) is 12.1 Å². The molecule has 2 atom stereocenters. The Hall–Kier alpha value is -1.38. The van der Waals surface area contributed by atoms with Gasteiger partial charge in [0.15, 0.2) is 0 Å². The molecule has 0 aliphatic heterocycles. The van der Waals surface area contributed by atoms with Crippen LogP contribution in [-0.2, 0) is 16.6 Å². The average Bonchev–Trinajstić information content (AvgIpc) is 2.79. The fourth-order valence-electron chi connectivity index (χ4n) is 2.96. The number of fused-ring (bicyclic) bond motifs is 2. The van der Waals surface area contributed by atoms with Crippen molar-refractivity contribution in [3.63, 3.8) is 0 Å². The highest BCUT2D eigenvalue weighted by molar-refractivity contribution is 5.78. The zero-order valence-corrected chi connectivity index (χ0v) is 8.16. The monoisotopic (exact) mass is 206 g/mol. The summed E-state index contributed by atoms with van der Waals surface area (Å²) >= 11 is 0. The second kappa shape index (κ2) is 2.60. The number of hydrogen-bond donors (Lipinski definition) is 1. The summed E-state index contributed by atoms with van der Waals surface area (Å²) in [6.07, 6.45) is 2.16. The largest absolute Gasteiger partial charge is 0.481 e. The maximum absolute atomic E-state index is 13.4. The topological polar surface area (TPSA) is 37.3 Å². The van der Waals surface area contributed by atoms with Crippen molar-refractivity contribution in [2.75, 3.05) is 0 Å². The van der Waals surface area contributed by atoms with Gasteiger partial charge in [-0.25, -0.2) is 4.39 Å². The number of hydrogen-bond acceptors (Lipinski definition) is 1. The smallest absolute Gasteiger partial charge is 0.307 e. The van der Waals surface area contributed by atoms with E-state index in [-0.39, 0.29) is 17.2 Å². The third kappa shape index (κ3) is 1.01. The van der Waals surface area contributed by atoms with Crippen LogP contribution in [0.3, 0.4) is 0 Å². The molecule has 0 heterocycles. The average molecular weight is 206 g/mol. The summed E-state index contributed by atoms with van der Waals surface area (Å²) in [7, 11) is 0. The maximum Gasteiger partial charge on any atom is 0.307 e. The molecule has 1 aromatic rings. The first-order valence-electron chi connectivity index (χ1n) is 5.16. The Morgan fingerprint density at radius 3 is 3.00 bits per heavy atom. The highest BCUT2D eigenvalue weighted by Crippen LogP contribution is 2.61. The first-order chi connectivity index (χ1) is 7.15. The van der Waals surface area contributed by atoms with Gasteiger partial charge < -0.3 is 5.11 Å². The van der Waals surface area contributed by atoms with Crippen molar-refractivity contribution in [1.29, 1.82) is 0 Å². The maximum atomic E-state index is 13.4. The SMILES string of the molecule is O=C(O)C1CC12CCc1c(F)cccc12. The van der Waals surface area contributed by atoms with Crippen LogP contribution in [0.25, 0.3) is 0 Å². The number of aliphatic carboxylic acids is 1. The normalized spacial score (nSPS) is 31.7. The zero-order valence-electron chi connectivity index (χ0n) is 8.16. The number of carbonyl (C=O) groups is 1. The summed E-state index contributed by atoms with van der Waals surface area (Å²) in [5.74, 6) is -1.21. The Balaban J connectivity index is 2.08. The Kier molecular flexibility index (Phi) is 1.54. The minimum atomic E-state index is -0.743. The van der Waals surface area contributed by atoms with Crippen LogP contribution in [0.1, 0.15) is 24.0 Å². The van der Waals surface area contributed by atoms with E-state index < -0.39 is 5.97 Å². The van der Waals surface area contributed by atoms with Gasteiger partial charge in [0.25, 0.3) is 0 Å². The highest BCUT2D eigenvalue weighted by Gasteiger charge is 2.62. The number of carboxylic acid groups (broad SMARTS) is 1. The van der Waals surface area contributed by atoms with Gasteiger partial charge in [0.05, 0.1) is 5.92 Å². The van der Waals surface area contributed by atoms with Crippen molar-refractivity contribution in [3.05, 3.63) is 35.1 Å². The van der Waals surface area contributed by atoms with Crippen molar-refractivity contribution in [3.8, 4) is 0 Å². The minimum absolute atomic E-state index is 0.180. The van der Waals surface area contributed by atoms with E-state index in [4.69, 9.17) is 5.11 Å². The summed E-state index contributed by atoms with van der Waals surface area (Å²) in [5.41, 5.74) is 1.44. The molecule has 78 valence electrons. The fourth-order valence-corrected chi connectivity index (χ4v) is 2.96. The van der Waals surface area contributed by atoms with E-state index in [0.29, 0.717) is 12.8 Å². The second-order valence-electron chi connectivity index (χ2n) is 4.52. The van der Waals surface area contributed by atoms with Crippen molar-refractivity contribution in [2.45, 2.75) is 24.7 Å². The van der Waals surface area contributed by atoms with Gasteiger partial charge in [-0.15, -0.1) is 0 Å². The quantitative estimate of drug-likeness (QED) is 0.764. The Morgan fingerprint density at radius 1 is 1.53 bits per heavy atom. The number of rotatable bonds is 1. The molecule has 3 rings (SSSR count). The molecule has 0 radical (unpaired) electrons. The molecule has 1 N–H and O–H groups in total. The van der Waals surface area contributed by atoms with Crippen LogP contribution in [0.5, 0.6) is 0 Å². The van der Waals surface area contributed by atoms with E-state index >= 15 is 0 Å². The van der Waals surface area contributed by atoms with Crippen LogP contribution in [0.2, 0.25) is 0 Å². The van der Waals surface area contributed by atoms with E-state index in [2.05, 4.69) is 0 Å². The molecule has 0 bridgehead atoms. The van der Waals surface area contributed by atoms with Crippen LogP contribution in [0, 0.1) is 11.7 Å². The zero-order chi connectivity index (χ0) is 10.6. The summed E-state index contributed by atoms with van der Waals surface area (Å²) in [6.45, 7) is 0. The van der Waals surface area contributed by atoms with E-state index in [1.807, 2.05) is 6.07 Å². The van der Waals surface area contributed by atoms with Gasteiger partial charge in [-0.3, -0.25) is 4.79 Å². The number of carboxylic acids is 1. The molecule has 1 fully saturated rings. The standard InChI is InChI=1S/C12H11FO2/c13-10-3-1-2-8-7(10)4-5-12(8)6-9(12)11(14)15/h1-3,9H,4-6H2,(H,14,15). The van der Waals surface area contributed by atoms with Crippen LogP contribution in [0.4, 0.5) is 4.39 Å². The molecule has 2 unspecified atom stereocenters. The highest BCUT2D eigenvalue weighted by atomic mass is 19.1. The van der Waals surface area contributed by atoms with Gasteiger partial charge in [0.1, 0.15) is 5.82 Å². The summed E-state index contributed by atoms with van der Waals surface area (Å²) in [6, 6.07) is 5.02. The van der Waals surface area contributed by atoms with Gasteiger partial charge in [0.2, 0.25) is 0 Å². The second-order valence-corrected chi connectivity index (χ2v) is 4.52. The molecule has 1 spiro atoms. The van der Waals surface area contributed by atoms with Crippen LogP contribution >= 0.6 is 0 Å². The third-order valence-corrected chi connectivity index (χ3v) is 3.85. The van der Waals surface area contributed by atoms with Gasteiger partial charge >= 0.3 is 5.97 Å². The molecule has 0 amide bonds. The molecular formula is C12H11FO2. The molecule has 0 saturated heterocycles. The van der Waals surface area contributed by atoms with E-state index in [1.165, 1.54) is 6.07 Å². The molecule has 2 aliphatic rings. The summed E-state index contributed by atoms with van der Waals surface area (Å²) < 4.78 is 13.4. The lowest BCUT2D eigenvalue weighted by Gasteiger charge is -2.09. The van der Waals surface area contributed by atoms with Crippen LogP contribution in [-0.4, -0.2) is 11.1 Å². The molecule has 0 aromatic heterocycles. The summed E-state index contributed by atoms with van der Waals surface area (Å²) in [5, 5.41) is 8.98. The van der Waals surface area contributed by atoms with Crippen molar-refractivity contribution in [2.24, 2.45) is 5.92 Å². The molecule has 2 aliphatic carbocycles. The van der Waals surface area contributed by atoms with Gasteiger partial charge in [-0.05, 0) is 36.5 Å². The molecule has 2 nitrogen and oxygen atoms in total. The Labute approximate surface area is 86.7 Å². The number of halogens is 1. The van der Waals surface area contributed by atoms with Crippen LogP contribution in [0.15, 0.2) is 18.2 Å². The fraction of sp³-hybridized carbons (Fsp3) is 0.417. The number of benzene rings is 1. The van der Waals surface area contributed by atoms with Crippen molar-refractivity contribution < 1.29 is 14.3 Å². The van der Waals surface area contributed by atoms with E-state index in [1.54, 1.807) is 6.07 Å². The third-order valence-electron chi connectivity index (χ3n) is 3.85. The Morgan fingerprint density at radius 2 is 2.33 bits per heavy atom. The predicted molar refractivity (Wildman–Crippen MR) is 52.1 cm³/mol. The van der Waals surface area contributed by atoms with Crippen molar-refractivity contribution >= 4 is 5.97 Å². The molecular weight excluding hydrogens is 195 g/mol. The summed E-state index contributed by atoms with van der Waals surface area (Å²) in [4.78, 5) is 10.9. The van der Waals surface area contributed by atoms with Gasteiger partial charge in [0, 0.05) is 5.41 Å². The first-order valence-corrected chi connectivity index (χ1v) is 5.16. The molecule has 15 heavy (non-hydrogen) atoms.